The van der Waals surface area contributed by atoms with Gasteiger partial charge in [0.1, 0.15) is 11.5 Å². The fourth-order valence-corrected chi connectivity index (χ4v) is 5.60. The first-order chi connectivity index (χ1) is 17.8. The van der Waals surface area contributed by atoms with E-state index in [4.69, 9.17) is 10.5 Å². The zero-order valence-corrected chi connectivity index (χ0v) is 20.9. The van der Waals surface area contributed by atoms with E-state index in [1.807, 2.05) is 18.2 Å². The number of amides is 3. The number of nitrogen functional groups attached to an aromatic ring is 1. The Morgan fingerprint density at radius 1 is 1.16 bits per heavy atom. The van der Waals surface area contributed by atoms with Crippen LogP contribution in [-0.2, 0) is 34.1 Å². The van der Waals surface area contributed by atoms with Crippen molar-refractivity contribution < 1.29 is 19.1 Å². The third kappa shape index (κ3) is 3.90. The summed E-state index contributed by atoms with van der Waals surface area (Å²) >= 11 is 0. The van der Waals surface area contributed by atoms with E-state index < -0.39 is 11.8 Å². The highest BCUT2D eigenvalue weighted by molar-refractivity contribution is 6.39. The molecule has 0 bridgehead atoms. The number of carbonyl (C=O) groups is 3. The van der Waals surface area contributed by atoms with Gasteiger partial charge in [0.2, 0.25) is 0 Å². The van der Waals surface area contributed by atoms with E-state index in [0.29, 0.717) is 50.0 Å². The number of hydrogen-bond acceptors (Lipinski definition) is 7. The van der Waals surface area contributed by atoms with Gasteiger partial charge in [-0.25, -0.2) is 4.98 Å². The fraction of sp³-hybridized carbons (Fsp3) is 0.423. The van der Waals surface area contributed by atoms with Crippen molar-refractivity contribution in [2.45, 2.75) is 45.6 Å². The second kappa shape index (κ2) is 8.84. The van der Waals surface area contributed by atoms with Gasteiger partial charge in [0, 0.05) is 36.7 Å². The van der Waals surface area contributed by atoms with Crippen molar-refractivity contribution in [1.82, 2.24) is 24.6 Å². The average molecular weight is 504 g/mol. The molecule has 5 heterocycles. The van der Waals surface area contributed by atoms with Crippen LogP contribution in [0.2, 0.25) is 0 Å². The number of benzene rings is 1. The quantitative estimate of drug-likeness (QED) is 0.511. The fourth-order valence-electron chi connectivity index (χ4n) is 5.60. The van der Waals surface area contributed by atoms with Gasteiger partial charge in [-0.05, 0) is 36.5 Å². The Morgan fingerprint density at radius 2 is 1.97 bits per heavy atom. The van der Waals surface area contributed by atoms with Gasteiger partial charge in [-0.3, -0.25) is 19.1 Å². The van der Waals surface area contributed by atoms with E-state index in [-0.39, 0.29) is 17.9 Å². The second-order valence-corrected chi connectivity index (χ2v) is 10.2. The second-order valence-electron chi connectivity index (χ2n) is 10.2. The van der Waals surface area contributed by atoms with Crippen molar-refractivity contribution in [2.75, 3.05) is 31.2 Å². The van der Waals surface area contributed by atoms with Crippen LogP contribution in [0.25, 0.3) is 10.9 Å². The van der Waals surface area contributed by atoms with Gasteiger partial charge in [0.15, 0.2) is 0 Å². The molecule has 6 rings (SSSR count). The van der Waals surface area contributed by atoms with E-state index in [9.17, 15) is 14.4 Å². The maximum atomic E-state index is 13.5. The van der Waals surface area contributed by atoms with E-state index >= 15 is 0 Å². The molecule has 1 aromatic carbocycles. The number of nitrogens with two attached hydrogens (primary N) is 1. The molecule has 0 radical (unpaired) electrons. The van der Waals surface area contributed by atoms with E-state index in [0.717, 1.165) is 40.4 Å². The first-order valence-electron chi connectivity index (χ1n) is 12.5. The Balaban J connectivity index is 1.30. The molecule has 1 fully saturated rings. The summed E-state index contributed by atoms with van der Waals surface area (Å²) in [7, 11) is 1.79. The van der Waals surface area contributed by atoms with Gasteiger partial charge in [0.05, 0.1) is 43.2 Å². The van der Waals surface area contributed by atoms with Crippen LogP contribution in [0.4, 0.5) is 11.5 Å². The molecule has 37 heavy (non-hydrogen) atoms. The van der Waals surface area contributed by atoms with Gasteiger partial charge in [-0.2, -0.15) is 5.10 Å². The Kier molecular flexibility index (Phi) is 5.59. The lowest BCUT2D eigenvalue weighted by Gasteiger charge is -2.38. The number of likely N-dealkylation sites (N-methyl/N-ethyl adjacent to an activating group) is 1. The molecule has 2 aromatic heterocycles. The Hall–Kier alpha value is -3.99. The first-order valence-corrected chi connectivity index (χ1v) is 12.5. The number of ether oxygens (including phenoxy) is 1. The first kappa shape index (κ1) is 23.4. The highest BCUT2D eigenvalue weighted by atomic mass is 16.5. The molecule has 0 spiro atoms. The molecular weight excluding hydrogens is 474 g/mol. The molecule has 192 valence electrons. The summed E-state index contributed by atoms with van der Waals surface area (Å²) in [6.45, 7) is 4.43. The minimum atomic E-state index is -0.722. The molecule has 2 atom stereocenters. The van der Waals surface area contributed by atoms with Crippen LogP contribution in [0.5, 0.6) is 0 Å². The van der Waals surface area contributed by atoms with Crippen molar-refractivity contribution in [3.63, 3.8) is 0 Å². The van der Waals surface area contributed by atoms with Gasteiger partial charge >= 0.3 is 11.8 Å². The summed E-state index contributed by atoms with van der Waals surface area (Å²) in [5, 5.41) is 8.11. The van der Waals surface area contributed by atoms with Crippen LogP contribution in [0, 0.1) is 5.92 Å². The smallest absolute Gasteiger partial charge is 0.313 e. The van der Waals surface area contributed by atoms with Crippen LogP contribution >= 0.6 is 0 Å². The average Bonchev–Trinajstić information content (AvgIpc) is 3.53. The maximum Gasteiger partial charge on any atom is 0.313 e. The van der Waals surface area contributed by atoms with Crippen molar-refractivity contribution >= 4 is 40.1 Å². The number of fused-ring (bicyclic) bond motifs is 4. The highest BCUT2D eigenvalue weighted by Gasteiger charge is 2.36. The Morgan fingerprint density at radius 3 is 2.81 bits per heavy atom. The van der Waals surface area contributed by atoms with Crippen LogP contribution in [0.15, 0.2) is 24.4 Å². The van der Waals surface area contributed by atoms with Gasteiger partial charge in [0.25, 0.3) is 5.91 Å². The van der Waals surface area contributed by atoms with Crippen LogP contribution < -0.4 is 11.1 Å². The topological polar surface area (TPSA) is 136 Å². The summed E-state index contributed by atoms with van der Waals surface area (Å²) in [6.07, 6.45) is 3.11. The molecule has 0 aliphatic carbocycles. The molecule has 11 nitrogen and oxygen atoms in total. The Labute approximate surface area is 213 Å². The summed E-state index contributed by atoms with van der Waals surface area (Å²) in [5.74, 6) is -0.769. The molecule has 0 saturated carbocycles. The number of nitrogens with one attached hydrogen (secondary N) is 1. The van der Waals surface area contributed by atoms with Gasteiger partial charge < -0.3 is 25.6 Å². The lowest BCUT2D eigenvalue weighted by molar-refractivity contribution is -0.146. The summed E-state index contributed by atoms with van der Waals surface area (Å²) < 4.78 is 7.23. The van der Waals surface area contributed by atoms with Crippen molar-refractivity contribution in [2.24, 2.45) is 5.92 Å². The number of aromatic nitrogens is 3. The predicted octanol–water partition coefficient (Wildman–Crippen LogP) is 2.07. The van der Waals surface area contributed by atoms with Crippen molar-refractivity contribution in [1.29, 1.82) is 0 Å². The molecule has 3 aliphatic rings. The number of nitrogens with zero attached hydrogens (tertiary/aromatic N) is 5. The number of carbonyl (C=O) groups excluding carboxylic acids is 3. The van der Waals surface area contributed by atoms with Gasteiger partial charge in [-0.1, -0.05) is 13.0 Å². The van der Waals surface area contributed by atoms with E-state index in [1.54, 1.807) is 21.5 Å². The number of pyridine rings is 1. The normalized spacial score (nSPS) is 21.2. The largest absolute Gasteiger partial charge is 0.383 e. The minimum Gasteiger partial charge on any atom is -0.383 e. The lowest BCUT2D eigenvalue weighted by atomic mass is 9.89. The molecule has 3 aromatic rings. The molecule has 11 heteroatoms. The molecule has 3 aliphatic heterocycles. The maximum absolute atomic E-state index is 13.5. The number of likely N-dealkylation sites (tertiary alicyclic amines) is 1. The third-order valence-corrected chi connectivity index (χ3v) is 7.69. The summed E-state index contributed by atoms with van der Waals surface area (Å²) in [6, 6.07) is 5.51. The molecular formula is C26H29N7O4. The number of rotatable bonds is 2. The third-order valence-electron chi connectivity index (χ3n) is 7.69. The number of anilines is 2. The van der Waals surface area contributed by atoms with E-state index in [1.165, 1.54) is 6.20 Å². The lowest BCUT2D eigenvalue weighted by Crippen LogP contribution is -2.46. The summed E-state index contributed by atoms with van der Waals surface area (Å²) in [5.41, 5.74) is 10.1. The number of piperidine rings is 1. The molecule has 3 amide bonds. The standard InChI is InChI=1S/C26H29N7O4/c1-14-3-6-21(15-4-5-19-16(9-15)22-25(35)31(2)7-8-33(22)30-19)32(11-14)26(36)24(34)29-20-10-28-23(27)18-13-37-12-17(18)20/h4-5,9-10,14,21H,3,6-8,11-13H2,1-2H3,(H2,27,28)(H,29,34). The van der Waals surface area contributed by atoms with Gasteiger partial charge in [-0.15, -0.1) is 0 Å². The van der Waals surface area contributed by atoms with Crippen LogP contribution in [0.3, 0.4) is 0 Å². The number of hydrogen-bond donors (Lipinski definition) is 2. The Bertz CT molecular complexity index is 1450. The zero-order chi connectivity index (χ0) is 25.8. The molecule has 3 N–H and O–H groups in total. The monoisotopic (exact) mass is 503 g/mol. The van der Waals surface area contributed by atoms with Crippen LogP contribution in [-0.4, -0.2) is 62.4 Å². The minimum absolute atomic E-state index is 0.0657. The highest BCUT2D eigenvalue weighted by Crippen LogP contribution is 2.36. The van der Waals surface area contributed by atoms with Crippen LogP contribution in [0.1, 0.15) is 53.0 Å². The zero-order valence-electron chi connectivity index (χ0n) is 20.9. The molecule has 1 saturated heterocycles. The van der Waals surface area contributed by atoms with Crippen molar-refractivity contribution in [3.8, 4) is 0 Å². The predicted molar refractivity (Wildman–Crippen MR) is 135 cm³/mol. The molecule has 2 unspecified atom stereocenters. The SMILES string of the molecule is CC1CCC(c2ccc3nn4c(c3c2)C(=O)N(C)CC4)N(C(=O)C(=O)Nc2cnc(N)c3c2COC3)C1. The van der Waals surface area contributed by atoms with E-state index in [2.05, 4.69) is 22.3 Å². The summed E-state index contributed by atoms with van der Waals surface area (Å²) in [4.78, 5) is 47.0. The van der Waals surface area contributed by atoms with Crippen molar-refractivity contribution in [3.05, 3.63) is 46.8 Å².